The van der Waals surface area contributed by atoms with E-state index >= 15 is 0 Å². The molecule has 120 valence electrons. The first-order valence-electron chi connectivity index (χ1n) is 8.67. The molecule has 2 aromatic carbocycles. The highest BCUT2D eigenvalue weighted by atomic mass is 16.1. The van der Waals surface area contributed by atoms with Crippen molar-refractivity contribution in [1.82, 2.24) is 4.90 Å². The first-order chi connectivity index (χ1) is 11.3. The van der Waals surface area contributed by atoms with Gasteiger partial charge in [-0.2, -0.15) is 0 Å². The molecule has 0 N–H and O–H groups in total. The molecule has 2 nitrogen and oxygen atoms in total. The van der Waals surface area contributed by atoms with Crippen LogP contribution in [0.3, 0.4) is 0 Å². The summed E-state index contributed by atoms with van der Waals surface area (Å²) in [6.45, 7) is 5.67. The molecular formula is C21H25NO. The Morgan fingerprint density at radius 3 is 2.35 bits per heavy atom. The van der Waals surface area contributed by atoms with Crippen molar-refractivity contribution in [3.8, 4) is 0 Å². The maximum Gasteiger partial charge on any atom is 0.193 e. The van der Waals surface area contributed by atoms with Crippen molar-refractivity contribution in [3.63, 3.8) is 0 Å². The summed E-state index contributed by atoms with van der Waals surface area (Å²) in [5.41, 5.74) is 2.79. The molecule has 3 rings (SSSR count). The molecule has 1 atom stereocenters. The van der Waals surface area contributed by atoms with Gasteiger partial charge in [-0.15, -0.1) is 0 Å². The molecule has 1 aliphatic heterocycles. The third-order valence-corrected chi connectivity index (χ3v) is 4.75. The molecule has 0 radical (unpaired) electrons. The summed E-state index contributed by atoms with van der Waals surface area (Å²) in [4.78, 5) is 15.4. The molecule has 0 aromatic heterocycles. The Kier molecular flexibility index (Phi) is 5.24. The Labute approximate surface area is 139 Å². The average Bonchev–Trinajstić information content (AvgIpc) is 2.62. The van der Waals surface area contributed by atoms with Crippen LogP contribution in [0.2, 0.25) is 0 Å². The van der Waals surface area contributed by atoms with Gasteiger partial charge in [0.15, 0.2) is 5.78 Å². The number of carbonyl (C=O) groups excluding carboxylic acids is 1. The Hall–Kier alpha value is -1.93. The fraction of sp³-hybridized carbons (Fsp3) is 0.381. The number of ketones is 1. The number of piperidine rings is 1. The van der Waals surface area contributed by atoms with Gasteiger partial charge in [0, 0.05) is 17.7 Å². The van der Waals surface area contributed by atoms with Crippen LogP contribution >= 0.6 is 0 Å². The van der Waals surface area contributed by atoms with Gasteiger partial charge in [-0.25, -0.2) is 0 Å². The molecule has 0 spiro atoms. The quantitative estimate of drug-likeness (QED) is 0.758. The van der Waals surface area contributed by atoms with Crippen molar-refractivity contribution >= 4 is 5.78 Å². The van der Waals surface area contributed by atoms with E-state index in [1.54, 1.807) is 0 Å². The summed E-state index contributed by atoms with van der Waals surface area (Å²) >= 11 is 0. The average molecular weight is 307 g/mol. The van der Waals surface area contributed by atoms with Crippen molar-refractivity contribution in [2.75, 3.05) is 19.6 Å². The van der Waals surface area contributed by atoms with Gasteiger partial charge in [-0.1, -0.05) is 67.9 Å². The van der Waals surface area contributed by atoms with E-state index < -0.39 is 0 Å². The van der Waals surface area contributed by atoms with Crippen LogP contribution in [-0.4, -0.2) is 30.3 Å². The lowest BCUT2D eigenvalue weighted by atomic mass is 9.90. The predicted molar refractivity (Wildman–Crippen MR) is 95.0 cm³/mol. The Morgan fingerprint density at radius 1 is 0.957 bits per heavy atom. The van der Waals surface area contributed by atoms with E-state index in [4.69, 9.17) is 0 Å². The first-order valence-corrected chi connectivity index (χ1v) is 8.67. The Balaban J connectivity index is 1.81. The van der Waals surface area contributed by atoms with Crippen molar-refractivity contribution < 1.29 is 4.79 Å². The maximum atomic E-state index is 12.9. The summed E-state index contributed by atoms with van der Waals surface area (Å²) in [5.74, 6) is 0.503. The smallest absolute Gasteiger partial charge is 0.193 e. The number of nitrogens with zero attached hydrogens (tertiary/aromatic N) is 1. The van der Waals surface area contributed by atoms with E-state index in [2.05, 4.69) is 17.9 Å². The van der Waals surface area contributed by atoms with Crippen molar-refractivity contribution in [2.45, 2.75) is 32.1 Å². The normalized spacial score (nSPS) is 16.9. The largest absolute Gasteiger partial charge is 0.303 e. The third kappa shape index (κ3) is 3.89. The van der Waals surface area contributed by atoms with Crippen LogP contribution in [0.1, 0.15) is 53.6 Å². The van der Waals surface area contributed by atoms with Gasteiger partial charge in [0.1, 0.15) is 0 Å². The highest BCUT2D eigenvalue weighted by Gasteiger charge is 2.20. The zero-order valence-corrected chi connectivity index (χ0v) is 13.9. The van der Waals surface area contributed by atoms with E-state index in [0.717, 1.165) is 17.7 Å². The first kappa shape index (κ1) is 15.9. The molecule has 2 heteroatoms. The van der Waals surface area contributed by atoms with Crippen LogP contribution in [-0.2, 0) is 0 Å². The molecule has 0 saturated carbocycles. The van der Waals surface area contributed by atoms with Gasteiger partial charge in [0.05, 0.1) is 0 Å². The summed E-state index contributed by atoms with van der Waals surface area (Å²) in [7, 11) is 0. The zero-order valence-electron chi connectivity index (χ0n) is 13.9. The zero-order chi connectivity index (χ0) is 16.1. The molecule has 0 amide bonds. The van der Waals surface area contributed by atoms with Crippen LogP contribution in [0.4, 0.5) is 0 Å². The number of rotatable bonds is 5. The molecule has 1 saturated heterocycles. The molecule has 1 aliphatic rings. The summed E-state index contributed by atoms with van der Waals surface area (Å²) in [6, 6.07) is 17.7. The van der Waals surface area contributed by atoms with Crippen molar-refractivity contribution in [1.29, 1.82) is 0 Å². The van der Waals surface area contributed by atoms with Gasteiger partial charge in [0.2, 0.25) is 0 Å². The molecule has 2 aromatic rings. The number of benzene rings is 2. The second-order valence-corrected chi connectivity index (χ2v) is 6.54. The molecule has 0 aliphatic carbocycles. The monoisotopic (exact) mass is 307 g/mol. The third-order valence-electron chi connectivity index (χ3n) is 4.75. The number of carbonyl (C=O) groups is 1. The highest BCUT2D eigenvalue weighted by Crippen LogP contribution is 2.24. The molecular weight excluding hydrogens is 282 g/mol. The molecule has 23 heavy (non-hydrogen) atoms. The highest BCUT2D eigenvalue weighted by molar-refractivity contribution is 6.10. The summed E-state index contributed by atoms with van der Waals surface area (Å²) < 4.78 is 0. The van der Waals surface area contributed by atoms with E-state index in [1.807, 2.05) is 48.5 Å². The minimum Gasteiger partial charge on any atom is -0.303 e. The van der Waals surface area contributed by atoms with E-state index in [9.17, 15) is 4.79 Å². The lowest BCUT2D eigenvalue weighted by Gasteiger charge is -2.29. The minimum atomic E-state index is 0.131. The molecule has 1 fully saturated rings. The van der Waals surface area contributed by atoms with Crippen molar-refractivity contribution in [3.05, 3.63) is 71.3 Å². The summed E-state index contributed by atoms with van der Waals surface area (Å²) in [5, 5.41) is 0. The van der Waals surface area contributed by atoms with Gasteiger partial charge < -0.3 is 4.90 Å². The van der Waals surface area contributed by atoms with Crippen LogP contribution < -0.4 is 0 Å². The van der Waals surface area contributed by atoms with Crippen LogP contribution in [0.15, 0.2) is 54.6 Å². The lowest BCUT2D eigenvalue weighted by molar-refractivity contribution is 0.103. The topological polar surface area (TPSA) is 20.3 Å². The van der Waals surface area contributed by atoms with Crippen LogP contribution in [0.25, 0.3) is 0 Å². The van der Waals surface area contributed by atoms with Crippen LogP contribution in [0, 0.1) is 0 Å². The number of likely N-dealkylation sites (tertiary alicyclic amines) is 1. The minimum absolute atomic E-state index is 0.131. The maximum absolute atomic E-state index is 12.9. The lowest BCUT2D eigenvalue weighted by Crippen LogP contribution is -2.33. The Bertz CT molecular complexity index is 644. The fourth-order valence-corrected chi connectivity index (χ4v) is 3.51. The molecule has 1 unspecified atom stereocenters. The predicted octanol–water partition coefficient (Wildman–Crippen LogP) is 4.51. The van der Waals surface area contributed by atoms with Gasteiger partial charge in [-0.05, 0) is 37.4 Å². The van der Waals surface area contributed by atoms with E-state index in [1.165, 1.54) is 37.9 Å². The molecule has 1 heterocycles. The standard InChI is InChI=1S/C21H25NO/c1-17(16-22-14-8-3-9-15-22)19-12-6-7-13-20(19)21(23)18-10-4-2-5-11-18/h2,4-7,10-13,17H,3,8-9,14-16H2,1H3. The van der Waals surface area contributed by atoms with E-state index in [-0.39, 0.29) is 5.78 Å². The Morgan fingerprint density at radius 2 is 1.61 bits per heavy atom. The fourth-order valence-electron chi connectivity index (χ4n) is 3.51. The second kappa shape index (κ2) is 7.56. The molecule has 0 bridgehead atoms. The summed E-state index contributed by atoms with van der Waals surface area (Å²) in [6.07, 6.45) is 3.96. The van der Waals surface area contributed by atoms with Crippen LogP contribution in [0.5, 0.6) is 0 Å². The second-order valence-electron chi connectivity index (χ2n) is 6.54. The van der Waals surface area contributed by atoms with Gasteiger partial charge in [-0.3, -0.25) is 4.79 Å². The number of hydrogen-bond donors (Lipinski definition) is 0. The van der Waals surface area contributed by atoms with Gasteiger partial charge >= 0.3 is 0 Å². The van der Waals surface area contributed by atoms with Gasteiger partial charge in [0.25, 0.3) is 0 Å². The van der Waals surface area contributed by atoms with Crippen molar-refractivity contribution in [2.24, 2.45) is 0 Å². The van der Waals surface area contributed by atoms with E-state index in [0.29, 0.717) is 5.92 Å². The number of hydrogen-bond acceptors (Lipinski definition) is 2. The SMILES string of the molecule is CC(CN1CCCCC1)c1ccccc1C(=O)c1ccccc1.